The Bertz CT molecular complexity index is 576. The van der Waals surface area contributed by atoms with E-state index in [0.29, 0.717) is 12.8 Å². The van der Waals surface area contributed by atoms with E-state index in [1.165, 1.54) is 0 Å². The van der Waals surface area contributed by atoms with Gasteiger partial charge in [0.05, 0.1) is 12.6 Å². The van der Waals surface area contributed by atoms with Gasteiger partial charge in [-0.1, -0.05) is 13.8 Å². The van der Waals surface area contributed by atoms with Crippen molar-refractivity contribution in [3.05, 3.63) is 0 Å². The highest BCUT2D eigenvalue weighted by Gasteiger charge is 2.24. The van der Waals surface area contributed by atoms with Crippen molar-refractivity contribution in [2.75, 3.05) is 19.6 Å². The van der Waals surface area contributed by atoms with Gasteiger partial charge < -0.3 is 38.3 Å². The molecular weight excluding hydrogens is 370 g/mol. The van der Waals surface area contributed by atoms with Crippen molar-refractivity contribution >= 4 is 29.7 Å². The number of amides is 3. The molecule has 10 N–H and O–H groups in total. The van der Waals surface area contributed by atoms with Gasteiger partial charge in [-0.25, -0.2) is 0 Å². The first-order valence-electron chi connectivity index (χ1n) is 8.90. The Balaban J connectivity index is 4.78. The molecule has 0 bridgehead atoms. The monoisotopic (exact) mass is 401 g/mol. The fraction of sp³-hybridized carbons (Fsp3) is 0.688. The van der Waals surface area contributed by atoms with Gasteiger partial charge in [-0.2, -0.15) is 0 Å². The molecule has 3 amide bonds. The first-order chi connectivity index (χ1) is 13.0. The molecule has 0 saturated heterocycles. The minimum absolute atomic E-state index is 0.0842. The van der Waals surface area contributed by atoms with Crippen LogP contribution in [0.4, 0.5) is 0 Å². The third kappa shape index (κ3) is 12.5. The Hall–Kier alpha value is -2.89. The maximum absolute atomic E-state index is 12.3. The normalized spacial score (nSPS) is 12.6. The summed E-state index contributed by atoms with van der Waals surface area (Å²) in [5, 5.41) is 15.6. The Morgan fingerprint density at radius 2 is 1.68 bits per heavy atom. The topological polar surface area (TPSA) is 215 Å². The molecule has 0 rings (SSSR count). The number of hydrogen-bond donors (Lipinski definition) is 7. The Labute approximate surface area is 163 Å². The van der Waals surface area contributed by atoms with Crippen molar-refractivity contribution in [3.8, 4) is 0 Å². The van der Waals surface area contributed by atoms with E-state index in [9.17, 15) is 19.2 Å². The predicted molar refractivity (Wildman–Crippen MR) is 103 cm³/mol. The summed E-state index contributed by atoms with van der Waals surface area (Å²) in [5.41, 5.74) is 16.3. The molecule has 0 radical (unpaired) electrons. The van der Waals surface area contributed by atoms with Gasteiger partial charge in [0.1, 0.15) is 12.6 Å². The third-order valence-corrected chi connectivity index (χ3v) is 3.50. The van der Waals surface area contributed by atoms with Crippen LogP contribution >= 0.6 is 0 Å². The molecule has 28 heavy (non-hydrogen) atoms. The summed E-state index contributed by atoms with van der Waals surface area (Å²) < 4.78 is 0. The summed E-state index contributed by atoms with van der Waals surface area (Å²) >= 11 is 0. The molecule has 0 aliphatic carbocycles. The zero-order valence-corrected chi connectivity index (χ0v) is 16.2. The van der Waals surface area contributed by atoms with Crippen LogP contribution in [-0.4, -0.2) is 66.5 Å². The number of hydrogen-bond acceptors (Lipinski definition) is 6. The maximum atomic E-state index is 12.3. The second kappa shape index (κ2) is 13.3. The number of nitrogens with two attached hydrogens (primary N) is 3. The van der Waals surface area contributed by atoms with Crippen LogP contribution in [0.3, 0.4) is 0 Å². The number of carbonyl (C=O) groups excluding carboxylic acids is 3. The Morgan fingerprint density at radius 3 is 2.21 bits per heavy atom. The van der Waals surface area contributed by atoms with Crippen LogP contribution in [-0.2, 0) is 19.2 Å². The molecule has 0 heterocycles. The van der Waals surface area contributed by atoms with E-state index >= 15 is 0 Å². The van der Waals surface area contributed by atoms with Crippen molar-refractivity contribution in [3.63, 3.8) is 0 Å². The molecule has 12 heteroatoms. The minimum atomic E-state index is -1.20. The largest absolute Gasteiger partial charge is 0.480 e. The number of nitrogens with zero attached hydrogens (tertiary/aromatic N) is 1. The molecule has 12 nitrogen and oxygen atoms in total. The quantitative estimate of drug-likeness (QED) is 0.0970. The molecule has 0 saturated carbocycles. The van der Waals surface area contributed by atoms with Crippen molar-refractivity contribution in [1.82, 2.24) is 16.0 Å². The molecule has 0 aliphatic heterocycles. The molecule has 2 unspecified atom stereocenters. The lowest BCUT2D eigenvalue weighted by Crippen LogP contribution is -2.53. The molecule has 0 aromatic heterocycles. The number of aliphatic carboxylic acids is 1. The highest BCUT2D eigenvalue weighted by atomic mass is 16.4. The number of carboxylic acid groups (broad SMARTS) is 1. The van der Waals surface area contributed by atoms with Gasteiger partial charge in [0.15, 0.2) is 5.96 Å². The van der Waals surface area contributed by atoms with Crippen LogP contribution in [0.1, 0.15) is 33.1 Å². The first-order valence-corrected chi connectivity index (χ1v) is 8.90. The molecule has 160 valence electrons. The van der Waals surface area contributed by atoms with Crippen LogP contribution in [0, 0.1) is 5.92 Å². The standard InChI is InChI=1S/C16H31N7O5/c1-9(2)6-10(17)14(27)23-11(4-3-5-20-16(18)19)15(28)22-7-12(24)21-8-13(25)26/h9-11H,3-8,17H2,1-2H3,(H,21,24)(H,22,28)(H,23,27)(H,25,26)(H4,18,19,20). The zero-order chi connectivity index (χ0) is 21.7. The number of rotatable bonds is 13. The minimum Gasteiger partial charge on any atom is -0.480 e. The average Bonchev–Trinajstić information content (AvgIpc) is 2.59. The third-order valence-electron chi connectivity index (χ3n) is 3.50. The smallest absolute Gasteiger partial charge is 0.322 e. The first kappa shape index (κ1) is 25.1. The highest BCUT2D eigenvalue weighted by molar-refractivity contribution is 5.92. The predicted octanol–water partition coefficient (Wildman–Crippen LogP) is -2.78. The summed E-state index contributed by atoms with van der Waals surface area (Å²) in [6, 6.07) is -1.71. The number of carbonyl (C=O) groups is 4. The average molecular weight is 401 g/mol. The number of carboxylic acids is 1. The van der Waals surface area contributed by atoms with E-state index in [0.717, 1.165) is 0 Å². The molecule has 0 aromatic carbocycles. The molecule has 0 aliphatic rings. The number of aliphatic imine (C=N–C) groups is 1. The van der Waals surface area contributed by atoms with Gasteiger partial charge in [0.2, 0.25) is 17.7 Å². The van der Waals surface area contributed by atoms with Crippen LogP contribution in [0.2, 0.25) is 0 Å². The molecule has 0 spiro atoms. The summed E-state index contributed by atoms with van der Waals surface area (Å²) in [5.74, 6) is -2.83. The Kier molecular flexibility index (Phi) is 11.9. The van der Waals surface area contributed by atoms with E-state index in [2.05, 4.69) is 20.9 Å². The van der Waals surface area contributed by atoms with Crippen LogP contribution in [0.15, 0.2) is 4.99 Å². The van der Waals surface area contributed by atoms with Crippen LogP contribution < -0.4 is 33.2 Å². The number of guanidine groups is 1. The SMILES string of the molecule is CC(C)CC(N)C(=O)NC(CCCN=C(N)N)C(=O)NCC(=O)NCC(=O)O. The van der Waals surface area contributed by atoms with Crippen molar-refractivity contribution in [2.45, 2.75) is 45.2 Å². The van der Waals surface area contributed by atoms with E-state index in [1.807, 2.05) is 13.8 Å². The summed E-state index contributed by atoms with van der Waals surface area (Å²) in [7, 11) is 0. The second-order valence-corrected chi connectivity index (χ2v) is 6.63. The van der Waals surface area contributed by atoms with Gasteiger partial charge in [-0.3, -0.25) is 24.2 Å². The number of nitrogens with one attached hydrogen (secondary N) is 3. The van der Waals surface area contributed by atoms with Gasteiger partial charge in [-0.05, 0) is 25.2 Å². The molecule has 0 aromatic rings. The molecule has 2 atom stereocenters. The van der Waals surface area contributed by atoms with Crippen LogP contribution in [0.5, 0.6) is 0 Å². The zero-order valence-electron chi connectivity index (χ0n) is 16.2. The summed E-state index contributed by atoms with van der Waals surface area (Å²) in [6.07, 6.45) is 1.08. The van der Waals surface area contributed by atoms with Crippen molar-refractivity contribution in [2.24, 2.45) is 28.1 Å². The lowest BCUT2D eigenvalue weighted by atomic mass is 10.0. The van der Waals surface area contributed by atoms with E-state index < -0.39 is 48.9 Å². The van der Waals surface area contributed by atoms with Gasteiger partial charge >= 0.3 is 5.97 Å². The van der Waals surface area contributed by atoms with E-state index in [-0.39, 0.29) is 24.8 Å². The van der Waals surface area contributed by atoms with Crippen LogP contribution in [0.25, 0.3) is 0 Å². The Morgan fingerprint density at radius 1 is 1.04 bits per heavy atom. The molecular formula is C16H31N7O5. The van der Waals surface area contributed by atoms with E-state index in [1.54, 1.807) is 0 Å². The van der Waals surface area contributed by atoms with Gasteiger partial charge in [-0.15, -0.1) is 0 Å². The fourth-order valence-corrected chi connectivity index (χ4v) is 2.19. The van der Waals surface area contributed by atoms with Crippen molar-refractivity contribution in [1.29, 1.82) is 0 Å². The highest BCUT2D eigenvalue weighted by Crippen LogP contribution is 2.05. The fourth-order valence-electron chi connectivity index (χ4n) is 2.19. The second-order valence-electron chi connectivity index (χ2n) is 6.63. The maximum Gasteiger partial charge on any atom is 0.322 e. The summed E-state index contributed by atoms with van der Waals surface area (Å²) in [6.45, 7) is 3.12. The van der Waals surface area contributed by atoms with E-state index in [4.69, 9.17) is 22.3 Å². The van der Waals surface area contributed by atoms with Gasteiger partial charge in [0, 0.05) is 6.54 Å². The van der Waals surface area contributed by atoms with Gasteiger partial charge in [0.25, 0.3) is 0 Å². The van der Waals surface area contributed by atoms with Crippen molar-refractivity contribution < 1.29 is 24.3 Å². The summed E-state index contributed by atoms with van der Waals surface area (Å²) in [4.78, 5) is 50.3. The molecule has 0 fully saturated rings. The lowest BCUT2D eigenvalue weighted by Gasteiger charge is -2.21. The lowest BCUT2D eigenvalue weighted by molar-refractivity contribution is -0.138.